The van der Waals surface area contributed by atoms with Crippen molar-refractivity contribution in [3.8, 4) is 0 Å². The van der Waals surface area contributed by atoms with Gasteiger partial charge < -0.3 is 9.47 Å². The molecule has 0 saturated carbocycles. The van der Waals surface area contributed by atoms with E-state index < -0.39 is 12.1 Å². The molecule has 1 fully saturated rings. The van der Waals surface area contributed by atoms with Crippen molar-refractivity contribution in [1.29, 1.82) is 0 Å². The molecule has 0 N–H and O–H groups in total. The van der Waals surface area contributed by atoms with Crippen LogP contribution in [0.2, 0.25) is 0 Å². The molecule has 1 aliphatic rings. The van der Waals surface area contributed by atoms with Crippen molar-refractivity contribution >= 4 is 5.82 Å². The van der Waals surface area contributed by atoms with Crippen LogP contribution in [0.15, 0.2) is 17.2 Å². The Bertz CT molecular complexity index is 483. The number of rotatable bonds is 1. The molecule has 0 aliphatic carbocycles. The largest absolute Gasteiger partial charge is 0.393 e. The van der Waals surface area contributed by atoms with Gasteiger partial charge in [-0.1, -0.05) is 0 Å². The van der Waals surface area contributed by atoms with Gasteiger partial charge in [-0.3, -0.25) is 4.79 Å². The molecule has 1 unspecified atom stereocenters. The van der Waals surface area contributed by atoms with Crippen molar-refractivity contribution in [3.05, 3.63) is 22.7 Å². The van der Waals surface area contributed by atoms with Gasteiger partial charge in [0.15, 0.2) is 5.82 Å². The van der Waals surface area contributed by atoms with Gasteiger partial charge in [-0.25, -0.2) is 4.98 Å². The third kappa shape index (κ3) is 2.49. The summed E-state index contributed by atoms with van der Waals surface area (Å²) >= 11 is 0. The van der Waals surface area contributed by atoms with Crippen LogP contribution in [0.3, 0.4) is 0 Å². The summed E-state index contributed by atoms with van der Waals surface area (Å²) in [6, 6.07) is 0. The van der Waals surface area contributed by atoms with Crippen molar-refractivity contribution in [2.45, 2.75) is 19.0 Å². The van der Waals surface area contributed by atoms with Crippen LogP contribution in [0, 0.1) is 5.92 Å². The molecule has 1 aromatic rings. The predicted octanol–water partition coefficient (Wildman–Crippen LogP) is 1.56. The number of halogens is 3. The molecule has 4 nitrogen and oxygen atoms in total. The SMILES string of the molecule is Cn1ccnc(N2CCCC(C(F)(F)F)C2)c1=O. The van der Waals surface area contributed by atoms with E-state index in [9.17, 15) is 18.0 Å². The summed E-state index contributed by atoms with van der Waals surface area (Å²) in [6.45, 7) is 0.259. The zero-order valence-electron chi connectivity index (χ0n) is 9.94. The van der Waals surface area contributed by atoms with Crippen LogP contribution >= 0.6 is 0 Å². The van der Waals surface area contributed by atoms with E-state index in [2.05, 4.69) is 4.98 Å². The average molecular weight is 261 g/mol. The summed E-state index contributed by atoms with van der Waals surface area (Å²) in [4.78, 5) is 17.1. The first kappa shape index (κ1) is 12.9. The number of aryl methyl sites for hydroxylation is 1. The van der Waals surface area contributed by atoms with E-state index in [4.69, 9.17) is 0 Å². The van der Waals surface area contributed by atoms with E-state index in [1.807, 2.05) is 0 Å². The Balaban J connectivity index is 2.24. The van der Waals surface area contributed by atoms with Crippen LogP contribution in [0.4, 0.5) is 19.0 Å². The van der Waals surface area contributed by atoms with Crippen LogP contribution in [0.1, 0.15) is 12.8 Å². The number of hydrogen-bond donors (Lipinski definition) is 0. The second-order valence-electron chi connectivity index (χ2n) is 4.49. The van der Waals surface area contributed by atoms with Crippen molar-refractivity contribution in [1.82, 2.24) is 9.55 Å². The second kappa shape index (κ2) is 4.62. The number of hydrogen-bond acceptors (Lipinski definition) is 3. The molecule has 0 amide bonds. The molecule has 1 aromatic heterocycles. The first-order valence-electron chi connectivity index (χ1n) is 5.73. The summed E-state index contributed by atoms with van der Waals surface area (Å²) < 4.78 is 39.4. The Morgan fingerprint density at radius 1 is 1.44 bits per heavy atom. The first-order valence-corrected chi connectivity index (χ1v) is 5.73. The summed E-state index contributed by atoms with van der Waals surface area (Å²) in [6.07, 6.45) is -0.763. The highest BCUT2D eigenvalue weighted by molar-refractivity contribution is 5.36. The molecule has 18 heavy (non-hydrogen) atoms. The number of aromatic nitrogens is 2. The van der Waals surface area contributed by atoms with Gasteiger partial charge in [0.1, 0.15) is 0 Å². The number of piperidine rings is 1. The normalized spacial score (nSPS) is 21.1. The molecule has 2 heterocycles. The molecule has 7 heteroatoms. The highest BCUT2D eigenvalue weighted by Crippen LogP contribution is 2.33. The lowest BCUT2D eigenvalue weighted by molar-refractivity contribution is -0.176. The van der Waals surface area contributed by atoms with Gasteiger partial charge in [0.25, 0.3) is 5.56 Å². The second-order valence-corrected chi connectivity index (χ2v) is 4.49. The molecule has 1 atom stereocenters. The third-order valence-corrected chi connectivity index (χ3v) is 3.18. The van der Waals surface area contributed by atoms with Crippen molar-refractivity contribution in [2.24, 2.45) is 13.0 Å². The minimum Gasteiger partial charge on any atom is -0.351 e. The van der Waals surface area contributed by atoms with Crippen LogP contribution in [-0.2, 0) is 7.05 Å². The molecular weight excluding hydrogens is 247 g/mol. The number of anilines is 1. The van der Waals surface area contributed by atoms with Gasteiger partial charge in [0, 0.05) is 32.5 Å². The average Bonchev–Trinajstić information content (AvgIpc) is 2.32. The Hall–Kier alpha value is -1.53. The maximum absolute atomic E-state index is 12.7. The zero-order valence-corrected chi connectivity index (χ0v) is 9.94. The minimum absolute atomic E-state index is 0.106. The van der Waals surface area contributed by atoms with Crippen molar-refractivity contribution in [2.75, 3.05) is 18.0 Å². The molecule has 100 valence electrons. The van der Waals surface area contributed by atoms with Gasteiger partial charge in [-0.2, -0.15) is 13.2 Å². The molecule has 2 rings (SSSR count). The summed E-state index contributed by atoms with van der Waals surface area (Å²) in [5, 5.41) is 0. The molecule has 1 saturated heterocycles. The maximum Gasteiger partial charge on any atom is 0.393 e. The van der Waals surface area contributed by atoms with E-state index in [0.717, 1.165) is 0 Å². The lowest BCUT2D eigenvalue weighted by Gasteiger charge is -2.34. The minimum atomic E-state index is -4.21. The summed E-state index contributed by atoms with van der Waals surface area (Å²) in [5.74, 6) is -1.27. The summed E-state index contributed by atoms with van der Waals surface area (Å²) in [7, 11) is 1.55. The third-order valence-electron chi connectivity index (χ3n) is 3.18. The molecular formula is C11H14F3N3O. The molecule has 0 bridgehead atoms. The summed E-state index contributed by atoms with van der Waals surface area (Å²) in [5.41, 5.74) is -0.361. The Labute approximate surface area is 102 Å². The smallest absolute Gasteiger partial charge is 0.351 e. The molecule has 0 spiro atoms. The van der Waals surface area contributed by atoms with E-state index >= 15 is 0 Å². The topological polar surface area (TPSA) is 38.1 Å². The fourth-order valence-electron chi connectivity index (χ4n) is 2.14. The van der Waals surface area contributed by atoms with Gasteiger partial charge in [-0.05, 0) is 12.8 Å². The zero-order chi connectivity index (χ0) is 13.3. The monoisotopic (exact) mass is 261 g/mol. The van der Waals surface area contributed by atoms with Gasteiger partial charge >= 0.3 is 6.18 Å². The van der Waals surface area contributed by atoms with Crippen molar-refractivity contribution in [3.63, 3.8) is 0 Å². The van der Waals surface area contributed by atoms with E-state index in [-0.39, 0.29) is 24.3 Å². The van der Waals surface area contributed by atoms with E-state index in [1.165, 1.54) is 21.9 Å². The van der Waals surface area contributed by atoms with E-state index in [1.54, 1.807) is 7.05 Å². The highest BCUT2D eigenvalue weighted by Gasteiger charge is 2.42. The van der Waals surface area contributed by atoms with Crippen LogP contribution in [0.5, 0.6) is 0 Å². The Morgan fingerprint density at radius 3 is 2.83 bits per heavy atom. The maximum atomic E-state index is 12.7. The number of alkyl halides is 3. The van der Waals surface area contributed by atoms with Gasteiger partial charge in [0.2, 0.25) is 0 Å². The Morgan fingerprint density at radius 2 is 2.17 bits per heavy atom. The van der Waals surface area contributed by atoms with Gasteiger partial charge in [0.05, 0.1) is 5.92 Å². The lowest BCUT2D eigenvalue weighted by atomic mass is 9.97. The highest BCUT2D eigenvalue weighted by atomic mass is 19.4. The predicted molar refractivity (Wildman–Crippen MR) is 60.5 cm³/mol. The van der Waals surface area contributed by atoms with Crippen LogP contribution in [0.25, 0.3) is 0 Å². The van der Waals surface area contributed by atoms with Crippen molar-refractivity contribution < 1.29 is 13.2 Å². The molecule has 0 radical (unpaired) electrons. The molecule has 1 aliphatic heterocycles. The fraction of sp³-hybridized carbons (Fsp3) is 0.636. The van der Waals surface area contributed by atoms with Crippen LogP contribution in [-0.4, -0.2) is 28.8 Å². The quantitative estimate of drug-likeness (QED) is 0.770. The fourth-order valence-corrected chi connectivity index (χ4v) is 2.14. The first-order chi connectivity index (χ1) is 8.39. The lowest BCUT2D eigenvalue weighted by Crippen LogP contribution is -2.44. The van der Waals surface area contributed by atoms with Gasteiger partial charge in [-0.15, -0.1) is 0 Å². The Kier molecular flexibility index (Phi) is 3.32. The number of nitrogens with zero attached hydrogens (tertiary/aromatic N) is 3. The van der Waals surface area contributed by atoms with E-state index in [0.29, 0.717) is 13.0 Å². The van der Waals surface area contributed by atoms with Crippen LogP contribution < -0.4 is 10.5 Å². The molecule has 0 aromatic carbocycles. The standard InChI is InChI=1S/C11H14F3N3O/c1-16-6-4-15-9(10(16)18)17-5-2-3-8(7-17)11(12,13)14/h4,6,8H,2-3,5,7H2,1H3.